The summed E-state index contributed by atoms with van der Waals surface area (Å²) in [6.07, 6.45) is 5.87. The molecule has 11 heteroatoms. The van der Waals surface area contributed by atoms with Gasteiger partial charge in [0.15, 0.2) is 0 Å². The molecular formula is C19H26ClF3N2O4S. The third kappa shape index (κ3) is 6.01. The highest BCUT2D eigenvalue weighted by molar-refractivity contribution is 7.93. The third-order valence-electron chi connectivity index (χ3n) is 4.91. The number of methoxy groups -OCH3 is 1. The van der Waals surface area contributed by atoms with Crippen LogP contribution in [0.5, 0.6) is 0 Å². The van der Waals surface area contributed by atoms with E-state index in [-0.39, 0.29) is 20.6 Å². The molecule has 0 atom stereocenters. The molecule has 1 aliphatic carbocycles. The second-order valence-corrected chi connectivity index (χ2v) is 9.36. The molecule has 0 bridgehead atoms. The average Bonchev–Trinajstić information content (AvgIpc) is 2.69. The van der Waals surface area contributed by atoms with Crippen LogP contribution in [0.1, 0.15) is 51.0 Å². The molecule has 0 unspecified atom stereocenters. The summed E-state index contributed by atoms with van der Waals surface area (Å²) in [5.74, 6) is 0.384. The number of anilines is 1. The average molecular weight is 471 g/mol. The Balaban J connectivity index is 2.40. The topological polar surface area (TPSA) is 68.2 Å². The zero-order chi connectivity index (χ0) is 22.4. The molecule has 30 heavy (non-hydrogen) atoms. The minimum Gasteiger partial charge on any atom is -0.395 e. The Labute approximate surface area is 180 Å². The summed E-state index contributed by atoms with van der Waals surface area (Å²) in [7, 11) is -4.59. The van der Waals surface area contributed by atoms with E-state index < -0.39 is 22.3 Å². The van der Waals surface area contributed by atoms with Crippen molar-refractivity contribution in [3.8, 4) is 0 Å². The Morgan fingerprint density at radius 1 is 1.27 bits per heavy atom. The van der Waals surface area contributed by atoms with Crippen LogP contribution in [0.3, 0.4) is 0 Å². The fourth-order valence-electron chi connectivity index (χ4n) is 3.35. The molecule has 6 nitrogen and oxygen atoms in total. The van der Waals surface area contributed by atoms with E-state index in [1.807, 2.05) is 0 Å². The number of hydrogen-bond donors (Lipinski definition) is 0. The van der Waals surface area contributed by atoms with Crippen LogP contribution in [0.15, 0.2) is 23.4 Å². The maximum Gasteiger partial charge on any atom is 0.516 e. The molecule has 1 aliphatic rings. The molecule has 2 rings (SSSR count). The highest BCUT2D eigenvalue weighted by atomic mass is 35.5. The number of rotatable bonds is 9. The van der Waals surface area contributed by atoms with E-state index in [1.165, 1.54) is 24.6 Å². The lowest BCUT2D eigenvalue weighted by Gasteiger charge is -2.27. The fourth-order valence-corrected chi connectivity index (χ4v) is 4.43. The summed E-state index contributed by atoms with van der Waals surface area (Å²) in [6.45, 7) is 1.32. The number of nitrogens with zero attached hydrogens (tertiary/aromatic N) is 2. The quantitative estimate of drug-likeness (QED) is 0.278. The number of hydrogen-bond acceptors (Lipinski definition) is 5. The van der Waals surface area contributed by atoms with Gasteiger partial charge in [0.2, 0.25) is 0 Å². The molecule has 1 saturated carbocycles. The molecule has 1 aromatic carbocycles. The van der Waals surface area contributed by atoms with E-state index in [0.29, 0.717) is 24.7 Å². The van der Waals surface area contributed by atoms with E-state index >= 15 is 0 Å². The smallest absolute Gasteiger partial charge is 0.395 e. The molecule has 0 saturated heterocycles. The summed E-state index contributed by atoms with van der Waals surface area (Å²) in [5.41, 5.74) is -5.30. The van der Waals surface area contributed by atoms with Crippen LogP contribution in [0, 0.1) is 5.92 Å². The summed E-state index contributed by atoms with van der Waals surface area (Å²) < 4.78 is 68.8. The van der Waals surface area contributed by atoms with Crippen molar-refractivity contribution in [1.29, 1.82) is 0 Å². The summed E-state index contributed by atoms with van der Waals surface area (Å²) in [5, 5.41) is 4.34. The zero-order valence-corrected chi connectivity index (χ0v) is 18.5. The Hall–Kier alpha value is -1.52. The van der Waals surface area contributed by atoms with Gasteiger partial charge < -0.3 is 9.57 Å². The lowest BCUT2D eigenvalue weighted by atomic mass is 9.90. The molecule has 0 heterocycles. The van der Waals surface area contributed by atoms with Crippen LogP contribution >= 0.6 is 11.6 Å². The van der Waals surface area contributed by atoms with Crippen molar-refractivity contribution in [1.82, 2.24) is 0 Å². The maximum atomic E-state index is 13.2. The van der Waals surface area contributed by atoms with Crippen molar-refractivity contribution in [2.45, 2.75) is 51.0 Å². The van der Waals surface area contributed by atoms with Crippen LogP contribution in [0.4, 0.5) is 18.9 Å². The van der Waals surface area contributed by atoms with Crippen molar-refractivity contribution >= 4 is 33.0 Å². The van der Waals surface area contributed by atoms with Gasteiger partial charge in [-0.25, -0.2) is 4.31 Å². The van der Waals surface area contributed by atoms with E-state index in [9.17, 15) is 21.6 Å². The van der Waals surface area contributed by atoms with Crippen LogP contribution in [0.2, 0.25) is 5.02 Å². The normalized spacial score (nSPS) is 16.5. The second-order valence-electron chi connectivity index (χ2n) is 7.07. The SMILES string of the molecule is CC/C(=N\OCC1CCCCC1)c1cc(Cl)ccc1N(COC)S(=O)(=O)C(F)(F)F. The molecule has 0 radical (unpaired) electrons. The predicted molar refractivity (Wildman–Crippen MR) is 110 cm³/mol. The monoisotopic (exact) mass is 470 g/mol. The molecule has 1 aromatic rings. The van der Waals surface area contributed by atoms with E-state index in [0.717, 1.165) is 32.8 Å². The first-order chi connectivity index (χ1) is 14.1. The molecule has 0 amide bonds. The summed E-state index contributed by atoms with van der Waals surface area (Å²) in [6, 6.07) is 3.88. The Bertz CT molecular complexity index is 841. The van der Waals surface area contributed by atoms with Gasteiger partial charge in [0.05, 0.1) is 11.4 Å². The van der Waals surface area contributed by atoms with Gasteiger partial charge in [-0.05, 0) is 43.4 Å². The number of sulfonamides is 1. The zero-order valence-electron chi connectivity index (χ0n) is 16.9. The number of alkyl halides is 3. The number of oxime groups is 1. The van der Waals surface area contributed by atoms with Crippen molar-refractivity contribution < 1.29 is 31.2 Å². The van der Waals surface area contributed by atoms with Gasteiger partial charge in [0, 0.05) is 17.7 Å². The summed E-state index contributed by atoms with van der Waals surface area (Å²) in [4.78, 5) is 5.49. The van der Waals surface area contributed by atoms with Gasteiger partial charge in [0.1, 0.15) is 13.3 Å². The molecule has 0 aromatic heterocycles. The maximum absolute atomic E-state index is 13.2. The van der Waals surface area contributed by atoms with Gasteiger partial charge >= 0.3 is 15.5 Å². The molecule has 0 spiro atoms. The van der Waals surface area contributed by atoms with Crippen molar-refractivity contribution in [2.24, 2.45) is 11.1 Å². The van der Waals surface area contributed by atoms with Gasteiger partial charge in [-0.2, -0.15) is 21.6 Å². The molecular weight excluding hydrogens is 445 g/mol. The van der Waals surface area contributed by atoms with Crippen LogP contribution in [-0.2, 0) is 19.6 Å². The first-order valence-electron chi connectivity index (χ1n) is 9.68. The third-order valence-corrected chi connectivity index (χ3v) is 6.61. The predicted octanol–water partition coefficient (Wildman–Crippen LogP) is 5.31. The van der Waals surface area contributed by atoms with Crippen molar-refractivity contribution in [3.05, 3.63) is 28.8 Å². The van der Waals surface area contributed by atoms with Gasteiger partial charge in [0.25, 0.3) is 0 Å². The van der Waals surface area contributed by atoms with Crippen LogP contribution in [0.25, 0.3) is 0 Å². The van der Waals surface area contributed by atoms with E-state index in [2.05, 4.69) is 5.16 Å². The van der Waals surface area contributed by atoms with Crippen LogP contribution in [-0.4, -0.2) is 40.1 Å². The molecule has 1 fully saturated rings. The Morgan fingerprint density at radius 3 is 2.50 bits per heavy atom. The first-order valence-corrected chi connectivity index (χ1v) is 11.5. The summed E-state index contributed by atoms with van der Waals surface area (Å²) >= 11 is 6.04. The largest absolute Gasteiger partial charge is 0.516 e. The molecule has 0 N–H and O–H groups in total. The number of benzene rings is 1. The van der Waals surface area contributed by atoms with E-state index in [4.69, 9.17) is 21.2 Å². The Kier molecular flexibility index (Phi) is 8.81. The lowest BCUT2D eigenvalue weighted by Crippen LogP contribution is -2.42. The van der Waals surface area contributed by atoms with Gasteiger partial charge in [-0.15, -0.1) is 0 Å². The number of ether oxygens (including phenoxy) is 1. The highest BCUT2D eigenvalue weighted by Gasteiger charge is 2.50. The Morgan fingerprint density at radius 2 is 1.93 bits per heavy atom. The minimum absolute atomic E-state index is 0.138. The lowest BCUT2D eigenvalue weighted by molar-refractivity contribution is -0.0443. The molecule has 170 valence electrons. The molecule has 0 aliphatic heterocycles. The van der Waals surface area contributed by atoms with Crippen LogP contribution < -0.4 is 4.31 Å². The van der Waals surface area contributed by atoms with E-state index in [1.54, 1.807) is 6.92 Å². The second kappa shape index (κ2) is 10.7. The van der Waals surface area contributed by atoms with Crippen molar-refractivity contribution in [2.75, 3.05) is 24.8 Å². The van der Waals surface area contributed by atoms with Gasteiger partial charge in [-0.3, -0.25) is 0 Å². The minimum atomic E-state index is -5.70. The van der Waals surface area contributed by atoms with Gasteiger partial charge in [-0.1, -0.05) is 42.9 Å². The standard InChI is InChI=1S/C19H26ClF3N2O4S/c1-3-17(24-29-12-14-7-5-4-6-8-14)16-11-15(20)9-10-18(16)25(13-28-2)30(26,27)19(21,22)23/h9-11,14H,3-8,12-13H2,1-2H3/b24-17+. The number of halogens is 4. The van der Waals surface area contributed by atoms with Crippen molar-refractivity contribution in [3.63, 3.8) is 0 Å². The fraction of sp³-hybridized carbons (Fsp3) is 0.632. The first kappa shape index (κ1) is 24.7. The highest BCUT2D eigenvalue weighted by Crippen LogP contribution is 2.34.